The number of aliphatic carboxylic acids is 1. The predicted molar refractivity (Wildman–Crippen MR) is 114 cm³/mol. The van der Waals surface area contributed by atoms with Crippen LogP contribution in [0.2, 0.25) is 5.02 Å². The summed E-state index contributed by atoms with van der Waals surface area (Å²) in [6.07, 6.45) is 1.44. The monoisotopic (exact) mass is 463 g/mol. The minimum absolute atomic E-state index is 0.0149. The summed E-state index contributed by atoms with van der Waals surface area (Å²) in [5.41, 5.74) is 5.52. The average molecular weight is 464 g/mol. The van der Waals surface area contributed by atoms with Crippen LogP contribution in [0.4, 0.5) is 13.2 Å². The summed E-state index contributed by atoms with van der Waals surface area (Å²) >= 11 is 6.01. The number of rotatable bonds is 3. The van der Waals surface area contributed by atoms with E-state index >= 15 is 0 Å². The Hall–Kier alpha value is -3.59. The molecule has 1 aliphatic rings. The zero-order valence-corrected chi connectivity index (χ0v) is 17.2. The van der Waals surface area contributed by atoms with Crippen molar-refractivity contribution >= 4 is 35.6 Å². The zero-order chi connectivity index (χ0) is 23.3. The number of halogens is 4. The highest BCUT2D eigenvalue weighted by molar-refractivity contribution is 6.30. The van der Waals surface area contributed by atoms with E-state index in [0.29, 0.717) is 11.6 Å². The van der Waals surface area contributed by atoms with E-state index in [9.17, 15) is 18.0 Å². The second kappa shape index (κ2) is 9.69. The lowest BCUT2D eigenvalue weighted by molar-refractivity contribution is -0.192. The highest BCUT2D eigenvalue weighted by Gasteiger charge is 2.38. The van der Waals surface area contributed by atoms with E-state index in [1.807, 2.05) is 54.6 Å². The molecule has 0 spiro atoms. The maximum Gasteiger partial charge on any atom is 0.490 e. The third-order valence-corrected chi connectivity index (χ3v) is 4.67. The molecule has 0 aliphatic carbocycles. The molecule has 3 N–H and O–H groups in total. The molecular weight excluding hydrogens is 447 g/mol. The van der Waals surface area contributed by atoms with Crippen molar-refractivity contribution in [2.24, 2.45) is 0 Å². The second-order valence-electron chi connectivity index (χ2n) is 6.74. The minimum Gasteiger partial charge on any atom is -0.475 e. The first kappa shape index (κ1) is 23.1. The number of amides is 1. The Morgan fingerprint density at radius 2 is 1.91 bits per heavy atom. The number of carbonyl (C=O) groups excluding carboxylic acids is 1. The van der Waals surface area contributed by atoms with Crippen molar-refractivity contribution in [1.82, 2.24) is 15.3 Å². The maximum atomic E-state index is 11.9. The van der Waals surface area contributed by atoms with Crippen LogP contribution in [0.3, 0.4) is 0 Å². The number of nitrogens with zero attached hydrogens (tertiary/aromatic N) is 1. The molecule has 3 heterocycles. The summed E-state index contributed by atoms with van der Waals surface area (Å²) in [7, 11) is 0. The van der Waals surface area contributed by atoms with Gasteiger partial charge in [0.2, 0.25) is 0 Å². The molecular formula is C22H17ClF3N3O3. The van der Waals surface area contributed by atoms with Crippen LogP contribution in [0.1, 0.15) is 27.3 Å². The quantitative estimate of drug-likeness (QED) is 0.519. The van der Waals surface area contributed by atoms with Gasteiger partial charge in [-0.1, -0.05) is 29.8 Å². The zero-order valence-electron chi connectivity index (χ0n) is 16.4. The predicted octanol–water partition coefficient (Wildman–Crippen LogP) is 4.82. The lowest BCUT2D eigenvalue weighted by Gasteiger charge is -2.10. The van der Waals surface area contributed by atoms with E-state index in [4.69, 9.17) is 21.5 Å². The van der Waals surface area contributed by atoms with Crippen molar-refractivity contribution in [3.8, 4) is 11.3 Å². The van der Waals surface area contributed by atoms with Crippen molar-refractivity contribution in [3.63, 3.8) is 0 Å². The molecule has 4 rings (SSSR count). The number of hydrogen-bond donors (Lipinski definition) is 3. The molecule has 1 aromatic carbocycles. The number of benzene rings is 1. The van der Waals surface area contributed by atoms with Crippen molar-refractivity contribution in [3.05, 3.63) is 76.2 Å². The average Bonchev–Trinajstić information content (AvgIpc) is 3.18. The lowest BCUT2D eigenvalue weighted by Crippen LogP contribution is -2.31. The number of aromatic nitrogens is 2. The molecule has 6 nitrogen and oxygen atoms in total. The third kappa shape index (κ3) is 5.98. The van der Waals surface area contributed by atoms with Crippen molar-refractivity contribution in [2.45, 2.75) is 12.6 Å². The van der Waals surface area contributed by atoms with Crippen LogP contribution < -0.4 is 5.32 Å². The number of nitrogens with one attached hydrogen (secondary N) is 2. The Balaban J connectivity index is 0.000000360. The molecule has 0 unspecified atom stereocenters. The molecule has 2 aromatic heterocycles. The number of fused-ring (bicyclic) bond motifs is 1. The van der Waals surface area contributed by atoms with E-state index in [-0.39, 0.29) is 5.91 Å². The largest absolute Gasteiger partial charge is 0.490 e. The van der Waals surface area contributed by atoms with Crippen LogP contribution >= 0.6 is 11.6 Å². The van der Waals surface area contributed by atoms with E-state index < -0.39 is 12.1 Å². The van der Waals surface area contributed by atoms with Crippen LogP contribution in [0.5, 0.6) is 0 Å². The van der Waals surface area contributed by atoms with Crippen molar-refractivity contribution in [1.29, 1.82) is 0 Å². The van der Waals surface area contributed by atoms with Crippen molar-refractivity contribution in [2.75, 3.05) is 6.54 Å². The third-order valence-electron chi connectivity index (χ3n) is 4.43. The van der Waals surface area contributed by atoms with Gasteiger partial charge in [-0.15, -0.1) is 0 Å². The summed E-state index contributed by atoms with van der Waals surface area (Å²) in [6, 6.07) is 13.5. The van der Waals surface area contributed by atoms with Crippen LogP contribution in [0, 0.1) is 0 Å². The standard InChI is InChI=1S/C20H16ClN3O.C2HF3O2/c21-15-3-1-2-13(10-15)4-5-16-11-14(6-8-22-16)19-12-17-18(24-19)7-9-23-20(17)25;3-2(4,5)1(6)7/h1-6,8,10-12,24H,7,9H2,(H,23,25);(H,6,7)/b5-4+;. The summed E-state index contributed by atoms with van der Waals surface area (Å²) in [6.45, 7) is 0.676. The number of alkyl halides is 3. The minimum atomic E-state index is -5.08. The maximum absolute atomic E-state index is 11.9. The molecule has 32 heavy (non-hydrogen) atoms. The number of carboxylic acids is 1. The summed E-state index contributed by atoms with van der Waals surface area (Å²) in [4.78, 5) is 28.6. The van der Waals surface area contributed by atoms with Gasteiger partial charge in [-0.2, -0.15) is 13.2 Å². The number of H-pyrrole nitrogens is 1. The number of carbonyl (C=O) groups is 2. The highest BCUT2D eigenvalue weighted by atomic mass is 35.5. The van der Waals surface area contributed by atoms with Gasteiger partial charge in [0, 0.05) is 41.1 Å². The molecule has 0 fully saturated rings. The van der Waals surface area contributed by atoms with Gasteiger partial charge in [0.05, 0.1) is 11.3 Å². The molecule has 166 valence electrons. The van der Waals surface area contributed by atoms with E-state index in [0.717, 1.165) is 40.2 Å². The molecule has 1 amide bonds. The van der Waals surface area contributed by atoms with E-state index in [2.05, 4.69) is 15.3 Å². The second-order valence-corrected chi connectivity index (χ2v) is 7.18. The Morgan fingerprint density at radius 1 is 1.16 bits per heavy atom. The van der Waals surface area contributed by atoms with Crippen LogP contribution in [-0.4, -0.2) is 39.7 Å². The van der Waals surface area contributed by atoms with Gasteiger partial charge >= 0.3 is 12.1 Å². The topological polar surface area (TPSA) is 95.1 Å². The SMILES string of the molecule is O=C(O)C(F)(F)F.O=C1NCCc2[nH]c(-c3ccnc(/C=C/c4cccc(Cl)c4)c3)cc21. The normalized spacial score (nSPS) is 13.2. The molecule has 1 aliphatic heterocycles. The first-order valence-corrected chi connectivity index (χ1v) is 9.71. The van der Waals surface area contributed by atoms with Gasteiger partial charge in [0.1, 0.15) is 0 Å². The van der Waals surface area contributed by atoms with E-state index in [1.165, 1.54) is 0 Å². The number of carboxylic acid groups (broad SMARTS) is 1. The Labute approximate surface area is 185 Å². The van der Waals surface area contributed by atoms with Crippen LogP contribution in [-0.2, 0) is 11.2 Å². The summed E-state index contributed by atoms with van der Waals surface area (Å²) in [5, 5.41) is 10.7. The molecule has 0 atom stereocenters. The Bertz CT molecular complexity index is 1170. The molecule has 0 saturated carbocycles. The highest BCUT2D eigenvalue weighted by Crippen LogP contribution is 2.24. The lowest BCUT2D eigenvalue weighted by atomic mass is 10.1. The fourth-order valence-electron chi connectivity index (χ4n) is 2.95. The molecule has 0 saturated heterocycles. The smallest absolute Gasteiger partial charge is 0.475 e. The Kier molecular flexibility index (Phi) is 6.99. The molecule has 0 bridgehead atoms. The van der Waals surface area contributed by atoms with Crippen LogP contribution in [0.15, 0.2) is 48.7 Å². The fraction of sp³-hybridized carbons (Fsp3) is 0.136. The number of hydrogen-bond acceptors (Lipinski definition) is 3. The van der Waals surface area contributed by atoms with E-state index in [1.54, 1.807) is 6.20 Å². The van der Waals surface area contributed by atoms with Gasteiger partial charge < -0.3 is 15.4 Å². The number of pyridine rings is 1. The Morgan fingerprint density at radius 3 is 2.56 bits per heavy atom. The number of aromatic amines is 1. The summed E-state index contributed by atoms with van der Waals surface area (Å²) in [5.74, 6) is -2.77. The first-order chi connectivity index (χ1) is 15.1. The van der Waals surface area contributed by atoms with Gasteiger partial charge in [-0.05, 0) is 42.0 Å². The first-order valence-electron chi connectivity index (χ1n) is 9.34. The van der Waals surface area contributed by atoms with Crippen molar-refractivity contribution < 1.29 is 27.9 Å². The fourth-order valence-corrected chi connectivity index (χ4v) is 3.15. The van der Waals surface area contributed by atoms with Gasteiger partial charge in [-0.3, -0.25) is 9.78 Å². The molecule has 3 aromatic rings. The van der Waals surface area contributed by atoms with Gasteiger partial charge in [0.25, 0.3) is 5.91 Å². The molecule has 0 radical (unpaired) electrons. The van der Waals surface area contributed by atoms with Crippen LogP contribution in [0.25, 0.3) is 23.4 Å². The van der Waals surface area contributed by atoms with Gasteiger partial charge in [-0.25, -0.2) is 4.79 Å². The molecule has 10 heteroatoms. The summed E-state index contributed by atoms with van der Waals surface area (Å²) < 4.78 is 31.7. The van der Waals surface area contributed by atoms with Gasteiger partial charge in [0.15, 0.2) is 0 Å².